The predicted molar refractivity (Wildman–Crippen MR) is 44.3 cm³/mol. The fourth-order valence-corrected chi connectivity index (χ4v) is 1.41. The fraction of sp³-hybridized carbons (Fsp3) is 0.500. The van der Waals surface area contributed by atoms with Crippen molar-refractivity contribution in [3.63, 3.8) is 0 Å². The first-order valence-corrected chi connectivity index (χ1v) is 4.15. The lowest BCUT2D eigenvalue weighted by atomic mass is 10.3. The Morgan fingerprint density at radius 3 is 2.67 bits per heavy atom. The first-order valence-electron chi connectivity index (χ1n) is 3.33. The van der Waals surface area contributed by atoms with Crippen LogP contribution in [0.25, 0.3) is 0 Å². The van der Waals surface area contributed by atoms with Crippen LogP contribution in [0, 0.1) is 0 Å². The van der Waals surface area contributed by atoms with Gasteiger partial charge in [0.2, 0.25) is 0 Å². The van der Waals surface area contributed by atoms with Crippen LogP contribution in [0.15, 0.2) is 22.0 Å². The molecule has 1 aliphatic rings. The molecule has 0 radical (unpaired) electrons. The van der Waals surface area contributed by atoms with Gasteiger partial charge in [-0.1, -0.05) is 23.9 Å². The highest BCUT2D eigenvalue weighted by Gasteiger charge is 2.15. The normalized spacial score (nSPS) is 17.6. The Labute approximate surface area is 61.0 Å². The molecule has 0 aromatic carbocycles. The summed E-state index contributed by atoms with van der Waals surface area (Å²) in [6, 6.07) is 0. The summed E-state index contributed by atoms with van der Waals surface area (Å²) in [5.41, 5.74) is 0. The molecule has 0 bridgehead atoms. The maximum atomic E-state index is 2.22. The van der Waals surface area contributed by atoms with Crippen LogP contribution < -0.4 is 0 Å². The Kier molecular flexibility index (Phi) is 2.40. The molecule has 0 fully saturated rings. The maximum absolute atomic E-state index is 2.22. The molecule has 0 saturated carbocycles. The Hall–Kier alpha value is -0.170. The first kappa shape index (κ1) is 6.94. The highest BCUT2D eigenvalue weighted by molar-refractivity contribution is 8.13. The number of hydrogen-bond donors (Lipinski definition) is 0. The molecule has 1 heteroatoms. The number of hydrogen-bond acceptors (Lipinski definition) is 1. The largest absolute Gasteiger partial charge is 0.0976 e. The van der Waals surface area contributed by atoms with Gasteiger partial charge in [-0.2, -0.15) is 0 Å². The maximum Gasteiger partial charge on any atom is -0.000669 e. The molecule has 0 aromatic heterocycles. The van der Waals surface area contributed by atoms with Crippen molar-refractivity contribution in [3.8, 4) is 0 Å². The number of rotatable bonds is 3. The van der Waals surface area contributed by atoms with Gasteiger partial charge in [0, 0.05) is 0 Å². The molecule has 0 aromatic rings. The number of thioether (sulfide) groups is 1. The molecule has 0 atom stereocenters. The summed E-state index contributed by atoms with van der Waals surface area (Å²) in [6.45, 7) is 4.26. The Balaban J connectivity index is 2.07. The van der Waals surface area contributed by atoms with Crippen molar-refractivity contribution < 1.29 is 0 Å². The summed E-state index contributed by atoms with van der Waals surface area (Å²) in [5, 5.41) is 0. The lowest BCUT2D eigenvalue weighted by molar-refractivity contribution is 1.04. The second kappa shape index (κ2) is 3.11. The minimum atomic E-state index is 1.22. The summed E-state index contributed by atoms with van der Waals surface area (Å²) in [5.74, 6) is 0. The highest BCUT2D eigenvalue weighted by atomic mass is 32.2. The van der Waals surface area contributed by atoms with Gasteiger partial charge in [-0.3, -0.25) is 0 Å². The van der Waals surface area contributed by atoms with E-state index in [-0.39, 0.29) is 0 Å². The van der Waals surface area contributed by atoms with E-state index >= 15 is 0 Å². The van der Waals surface area contributed by atoms with Crippen molar-refractivity contribution in [1.82, 2.24) is 0 Å². The molecule has 0 amide bonds. The Morgan fingerprint density at radius 1 is 1.56 bits per heavy atom. The minimum absolute atomic E-state index is 1.22. The van der Waals surface area contributed by atoms with Gasteiger partial charge in [0.1, 0.15) is 0 Å². The molecule has 1 aliphatic heterocycles. The molecular formula is C8H12S. The number of allylic oxidation sites excluding steroid dienone is 4. The monoisotopic (exact) mass is 140 g/mol. The van der Waals surface area contributed by atoms with Crippen molar-refractivity contribution in [2.45, 2.75) is 26.7 Å². The summed E-state index contributed by atoms with van der Waals surface area (Å²) < 4.78 is 0. The van der Waals surface area contributed by atoms with E-state index in [1.54, 1.807) is 9.81 Å². The molecule has 1 rings (SSSR count). The molecule has 0 unspecified atom stereocenters. The molecule has 1 heterocycles. The van der Waals surface area contributed by atoms with E-state index in [2.05, 4.69) is 26.0 Å². The van der Waals surface area contributed by atoms with Crippen LogP contribution in [0.4, 0.5) is 0 Å². The van der Waals surface area contributed by atoms with Gasteiger partial charge < -0.3 is 0 Å². The van der Waals surface area contributed by atoms with E-state index in [1.165, 1.54) is 12.8 Å². The lowest BCUT2D eigenvalue weighted by Gasteiger charge is -1.82. The molecule has 0 aliphatic carbocycles. The standard InChI is InChI=1S/C8H12S/c1-3-4-5-6-8-7(2)9-8/h3-4H,5-6H2,1-2H3/b4-3+. The summed E-state index contributed by atoms with van der Waals surface area (Å²) in [6.07, 6.45) is 6.82. The van der Waals surface area contributed by atoms with Crippen molar-refractivity contribution in [2.24, 2.45) is 0 Å². The van der Waals surface area contributed by atoms with Crippen LogP contribution in [-0.4, -0.2) is 0 Å². The molecule has 0 nitrogen and oxygen atoms in total. The van der Waals surface area contributed by atoms with E-state index in [0.717, 1.165) is 0 Å². The second-order valence-electron chi connectivity index (χ2n) is 2.19. The van der Waals surface area contributed by atoms with Gasteiger partial charge in [0.05, 0.1) is 0 Å². The Morgan fingerprint density at radius 2 is 2.22 bits per heavy atom. The quantitative estimate of drug-likeness (QED) is 0.542. The van der Waals surface area contributed by atoms with Gasteiger partial charge in [0.25, 0.3) is 0 Å². The second-order valence-corrected chi connectivity index (χ2v) is 3.50. The minimum Gasteiger partial charge on any atom is -0.0976 e. The summed E-state index contributed by atoms with van der Waals surface area (Å²) in [7, 11) is 0. The molecule has 50 valence electrons. The van der Waals surface area contributed by atoms with Crippen LogP contribution in [0.1, 0.15) is 26.7 Å². The first-order chi connectivity index (χ1) is 4.34. The van der Waals surface area contributed by atoms with Gasteiger partial charge in [-0.15, -0.1) is 0 Å². The van der Waals surface area contributed by atoms with Crippen molar-refractivity contribution in [1.29, 1.82) is 0 Å². The molecule has 9 heavy (non-hydrogen) atoms. The van der Waals surface area contributed by atoms with Gasteiger partial charge in [-0.05, 0) is 36.5 Å². The third-order valence-corrected chi connectivity index (χ3v) is 2.51. The van der Waals surface area contributed by atoms with Gasteiger partial charge in [0.15, 0.2) is 0 Å². The van der Waals surface area contributed by atoms with Crippen molar-refractivity contribution in [3.05, 3.63) is 22.0 Å². The zero-order valence-electron chi connectivity index (χ0n) is 5.98. The molecule has 0 spiro atoms. The molecular weight excluding hydrogens is 128 g/mol. The average Bonchev–Trinajstić information content (AvgIpc) is 2.48. The molecule has 0 saturated heterocycles. The average molecular weight is 140 g/mol. The lowest BCUT2D eigenvalue weighted by Crippen LogP contribution is -1.62. The van der Waals surface area contributed by atoms with Crippen LogP contribution in [0.5, 0.6) is 0 Å². The molecule has 0 N–H and O–H groups in total. The van der Waals surface area contributed by atoms with Crippen LogP contribution >= 0.6 is 11.8 Å². The van der Waals surface area contributed by atoms with Gasteiger partial charge in [-0.25, -0.2) is 0 Å². The SMILES string of the molecule is C/C=C/CCC1=C(C)S1. The zero-order valence-corrected chi connectivity index (χ0v) is 6.79. The fourth-order valence-electron chi connectivity index (χ4n) is 0.767. The third kappa shape index (κ3) is 2.27. The predicted octanol–water partition coefficient (Wildman–Crippen LogP) is 3.32. The van der Waals surface area contributed by atoms with E-state index in [0.29, 0.717) is 0 Å². The third-order valence-electron chi connectivity index (χ3n) is 1.40. The van der Waals surface area contributed by atoms with Gasteiger partial charge >= 0.3 is 0 Å². The van der Waals surface area contributed by atoms with Crippen molar-refractivity contribution in [2.75, 3.05) is 0 Å². The van der Waals surface area contributed by atoms with E-state index in [4.69, 9.17) is 0 Å². The van der Waals surface area contributed by atoms with Crippen LogP contribution in [0.3, 0.4) is 0 Å². The smallest absolute Gasteiger partial charge is 0.000669 e. The van der Waals surface area contributed by atoms with E-state index < -0.39 is 0 Å². The van der Waals surface area contributed by atoms with E-state index in [9.17, 15) is 0 Å². The summed E-state index contributed by atoms with van der Waals surface area (Å²) in [4.78, 5) is 3.15. The van der Waals surface area contributed by atoms with Crippen LogP contribution in [-0.2, 0) is 0 Å². The topological polar surface area (TPSA) is 0 Å². The van der Waals surface area contributed by atoms with Crippen LogP contribution in [0.2, 0.25) is 0 Å². The van der Waals surface area contributed by atoms with E-state index in [1.807, 2.05) is 11.8 Å². The highest BCUT2D eigenvalue weighted by Crippen LogP contribution is 2.47. The zero-order chi connectivity index (χ0) is 6.69. The summed E-state index contributed by atoms with van der Waals surface area (Å²) >= 11 is 1.94. The Bertz CT molecular complexity index is 154. The van der Waals surface area contributed by atoms with Crippen molar-refractivity contribution >= 4 is 11.8 Å².